The summed E-state index contributed by atoms with van der Waals surface area (Å²) in [6.07, 6.45) is 6.85. The van der Waals surface area contributed by atoms with Gasteiger partial charge in [-0.15, -0.1) is 0 Å². The lowest BCUT2D eigenvalue weighted by molar-refractivity contribution is -0.137. The van der Waals surface area contributed by atoms with Gasteiger partial charge in [-0.2, -0.15) is 0 Å². The topological polar surface area (TPSA) is 132 Å². The molecular formula is C25H26ClN3O5S. The third-order valence-corrected chi connectivity index (χ3v) is 7.36. The Morgan fingerprint density at radius 2 is 1.89 bits per heavy atom. The summed E-state index contributed by atoms with van der Waals surface area (Å²) < 4.78 is 26.6. The summed E-state index contributed by atoms with van der Waals surface area (Å²) in [6, 6.07) is 14.6. The van der Waals surface area contributed by atoms with E-state index in [0.717, 1.165) is 6.42 Å². The molecule has 0 fully saturated rings. The van der Waals surface area contributed by atoms with Crippen molar-refractivity contribution in [2.45, 2.75) is 36.0 Å². The van der Waals surface area contributed by atoms with Crippen molar-refractivity contribution in [1.29, 1.82) is 0 Å². The third kappa shape index (κ3) is 7.11. The number of carbonyl (C=O) groups is 1. The minimum absolute atomic E-state index is 0.0665. The van der Waals surface area contributed by atoms with Crippen LogP contribution in [0, 0.1) is 0 Å². The number of aliphatic carboxylic acids is 1. The molecule has 0 bridgehead atoms. The number of nitrogens with zero attached hydrogens (tertiary/aromatic N) is 2. The molecular weight excluding hydrogens is 490 g/mol. The van der Waals surface area contributed by atoms with Crippen LogP contribution in [0.2, 0.25) is 5.02 Å². The number of nitrogens with two attached hydrogens (primary N) is 1. The van der Waals surface area contributed by atoms with Gasteiger partial charge in [0.1, 0.15) is 12.0 Å². The molecule has 0 spiro atoms. The Bertz CT molecular complexity index is 1270. The number of oxime groups is 1. The van der Waals surface area contributed by atoms with E-state index in [-0.39, 0.29) is 11.3 Å². The molecule has 0 amide bonds. The number of unbranched alkanes of at least 4 members (excludes halogenated alkanes) is 2. The predicted octanol–water partition coefficient (Wildman–Crippen LogP) is 4.83. The summed E-state index contributed by atoms with van der Waals surface area (Å²) in [5.41, 5.74) is 8.61. The van der Waals surface area contributed by atoms with Crippen LogP contribution in [0.5, 0.6) is 0 Å². The van der Waals surface area contributed by atoms with Crippen molar-refractivity contribution in [3.8, 4) is 11.1 Å². The maximum absolute atomic E-state index is 13.3. The van der Waals surface area contributed by atoms with Gasteiger partial charge in [-0.1, -0.05) is 41.0 Å². The van der Waals surface area contributed by atoms with Crippen LogP contribution in [0.1, 0.15) is 42.2 Å². The number of sulfone groups is 1. The number of carboxylic acid groups (broad SMARTS) is 1. The molecule has 8 nitrogen and oxygen atoms in total. The summed E-state index contributed by atoms with van der Waals surface area (Å²) in [5, 5.41) is 11.8. The molecule has 3 aromatic rings. The first-order valence-electron chi connectivity index (χ1n) is 11.0. The van der Waals surface area contributed by atoms with Crippen molar-refractivity contribution < 1.29 is 23.2 Å². The van der Waals surface area contributed by atoms with Crippen LogP contribution in [0.3, 0.4) is 0 Å². The highest BCUT2D eigenvalue weighted by atomic mass is 35.5. The van der Waals surface area contributed by atoms with Crippen LogP contribution in [0.4, 0.5) is 0 Å². The van der Waals surface area contributed by atoms with E-state index in [2.05, 4.69) is 10.1 Å². The molecule has 0 aliphatic carbocycles. The molecule has 0 radical (unpaired) electrons. The van der Waals surface area contributed by atoms with Crippen molar-refractivity contribution in [2.75, 3.05) is 6.61 Å². The van der Waals surface area contributed by atoms with Crippen LogP contribution in [-0.4, -0.2) is 37.3 Å². The SMILES string of the molecule is NC(c1cccc(/C=N/OCCCCCC(=O)O)c1-c1cccnc1)S(=O)(=O)c1ccc(Cl)cc1. The Morgan fingerprint density at radius 1 is 1.11 bits per heavy atom. The highest BCUT2D eigenvalue weighted by molar-refractivity contribution is 7.91. The van der Waals surface area contributed by atoms with Gasteiger partial charge in [-0.05, 0) is 60.7 Å². The number of pyridine rings is 1. The smallest absolute Gasteiger partial charge is 0.303 e. The summed E-state index contributed by atoms with van der Waals surface area (Å²) >= 11 is 5.91. The lowest BCUT2D eigenvalue weighted by Crippen LogP contribution is -2.23. The zero-order chi connectivity index (χ0) is 25.3. The average Bonchev–Trinajstić information content (AvgIpc) is 2.85. The lowest BCUT2D eigenvalue weighted by Gasteiger charge is -2.19. The predicted molar refractivity (Wildman–Crippen MR) is 135 cm³/mol. The number of halogens is 1. The van der Waals surface area contributed by atoms with E-state index in [1.54, 1.807) is 36.7 Å². The van der Waals surface area contributed by atoms with Gasteiger partial charge in [-0.3, -0.25) is 9.78 Å². The van der Waals surface area contributed by atoms with Crippen molar-refractivity contribution in [3.05, 3.63) is 83.1 Å². The van der Waals surface area contributed by atoms with Crippen molar-refractivity contribution in [3.63, 3.8) is 0 Å². The zero-order valence-electron chi connectivity index (χ0n) is 18.9. The molecule has 3 N–H and O–H groups in total. The van der Waals surface area contributed by atoms with E-state index in [9.17, 15) is 13.2 Å². The molecule has 1 unspecified atom stereocenters. The molecule has 0 aliphatic rings. The third-order valence-electron chi connectivity index (χ3n) is 5.25. The number of carboxylic acids is 1. The van der Waals surface area contributed by atoms with Crippen molar-refractivity contribution in [2.24, 2.45) is 10.9 Å². The molecule has 0 saturated heterocycles. The van der Waals surface area contributed by atoms with E-state index >= 15 is 0 Å². The molecule has 0 saturated carbocycles. The van der Waals surface area contributed by atoms with E-state index in [0.29, 0.717) is 46.7 Å². The van der Waals surface area contributed by atoms with Crippen LogP contribution in [-0.2, 0) is 19.5 Å². The number of aromatic nitrogens is 1. The van der Waals surface area contributed by atoms with Gasteiger partial charge in [0.15, 0.2) is 9.84 Å². The highest BCUT2D eigenvalue weighted by Crippen LogP contribution is 2.34. The fourth-order valence-electron chi connectivity index (χ4n) is 3.48. The van der Waals surface area contributed by atoms with E-state index in [1.165, 1.54) is 30.5 Å². The summed E-state index contributed by atoms with van der Waals surface area (Å²) in [6.45, 7) is 0.336. The van der Waals surface area contributed by atoms with E-state index in [4.69, 9.17) is 27.3 Å². The molecule has 1 heterocycles. The molecule has 35 heavy (non-hydrogen) atoms. The molecule has 1 aromatic heterocycles. The number of benzene rings is 2. The Morgan fingerprint density at radius 3 is 2.57 bits per heavy atom. The van der Waals surface area contributed by atoms with Crippen LogP contribution < -0.4 is 5.73 Å². The Balaban J connectivity index is 1.87. The molecule has 0 aliphatic heterocycles. The van der Waals surface area contributed by atoms with Gasteiger partial charge in [-0.25, -0.2) is 8.42 Å². The first-order valence-corrected chi connectivity index (χ1v) is 12.9. The van der Waals surface area contributed by atoms with Gasteiger partial charge in [0.2, 0.25) is 0 Å². The maximum Gasteiger partial charge on any atom is 0.303 e. The highest BCUT2D eigenvalue weighted by Gasteiger charge is 2.28. The van der Waals surface area contributed by atoms with Gasteiger partial charge in [0.25, 0.3) is 0 Å². The first-order chi connectivity index (χ1) is 16.8. The molecule has 10 heteroatoms. The van der Waals surface area contributed by atoms with Gasteiger partial charge in [0.05, 0.1) is 11.1 Å². The van der Waals surface area contributed by atoms with Crippen LogP contribution in [0.25, 0.3) is 11.1 Å². The fourth-order valence-corrected chi connectivity index (χ4v) is 4.95. The minimum Gasteiger partial charge on any atom is -0.481 e. The second-order valence-electron chi connectivity index (χ2n) is 7.74. The lowest BCUT2D eigenvalue weighted by atomic mass is 9.95. The van der Waals surface area contributed by atoms with Gasteiger partial charge in [0, 0.05) is 35.0 Å². The summed E-state index contributed by atoms with van der Waals surface area (Å²) in [7, 11) is -3.92. The Kier molecular flexibility index (Phi) is 9.36. The molecule has 2 aromatic carbocycles. The van der Waals surface area contributed by atoms with Gasteiger partial charge < -0.3 is 15.7 Å². The van der Waals surface area contributed by atoms with Crippen LogP contribution >= 0.6 is 11.6 Å². The number of rotatable bonds is 12. The largest absolute Gasteiger partial charge is 0.481 e. The Labute approximate surface area is 209 Å². The average molecular weight is 516 g/mol. The molecule has 3 rings (SSSR count). The fraction of sp³-hybridized carbons (Fsp3) is 0.240. The first kappa shape index (κ1) is 26.3. The van der Waals surface area contributed by atoms with Crippen LogP contribution in [0.15, 0.2) is 77.0 Å². The normalized spacial score (nSPS) is 12.5. The second kappa shape index (κ2) is 12.4. The van der Waals surface area contributed by atoms with E-state index in [1.807, 2.05) is 6.07 Å². The summed E-state index contributed by atoms with van der Waals surface area (Å²) in [5.74, 6) is -0.817. The second-order valence-corrected chi connectivity index (χ2v) is 10.3. The maximum atomic E-state index is 13.3. The zero-order valence-corrected chi connectivity index (χ0v) is 20.5. The monoisotopic (exact) mass is 515 g/mol. The molecule has 1 atom stereocenters. The quantitative estimate of drug-likeness (QED) is 0.200. The molecule has 184 valence electrons. The Hall–Kier alpha value is -3.27. The van der Waals surface area contributed by atoms with Gasteiger partial charge >= 0.3 is 5.97 Å². The summed E-state index contributed by atoms with van der Waals surface area (Å²) in [4.78, 5) is 20.1. The minimum atomic E-state index is -3.92. The van der Waals surface area contributed by atoms with E-state index < -0.39 is 21.2 Å². The number of hydrogen-bond donors (Lipinski definition) is 2. The van der Waals surface area contributed by atoms with Crippen molar-refractivity contribution >= 4 is 33.6 Å². The number of hydrogen-bond acceptors (Lipinski definition) is 7. The van der Waals surface area contributed by atoms with Crippen molar-refractivity contribution in [1.82, 2.24) is 4.98 Å². The standard InChI is InChI=1S/C25H26ClN3O5S/c26-20-10-12-21(13-11-20)35(32,33)25(27)22-8-4-6-19(24(22)18-7-5-14-28-16-18)17-29-34-15-3-1-2-9-23(30)31/h4-8,10-14,16-17,25H,1-3,9,15,27H2,(H,30,31)/b29-17+.